The highest BCUT2D eigenvalue weighted by molar-refractivity contribution is 5.49. The van der Waals surface area contributed by atoms with Crippen LogP contribution in [0.3, 0.4) is 0 Å². The summed E-state index contributed by atoms with van der Waals surface area (Å²) in [6.45, 7) is 3.13. The fourth-order valence-electron chi connectivity index (χ4n) is 2.44. The van der Waals surface area contributed by atoms with Crippen molar-refractivity contribution in [2.75, 3.05) is 36.0 Å². The van der Waals surface area contributed by atoms with Crippen LogP contribution < -0.4 is 9.80 Å². The molecule has 3 rings (SSSR count). The fourth-order valence-corrected chi connectivity index (χ4v) is 2.44. The molecule has 0 bridgehead atoms. The summed E-state index contributed by atoms with van der Waals surface area (Å²) in [6.07, 6.45) is 1.48. The van der Waals surface area contributed by atoms with Crippen LogP contribution in [0.2, 0.25) is 0 Å². The van der Waals surface area contributed by atoms with E-state index in [0.717, 1.165) is 37.7 Å². The highest BCUT2D eigenvalue weighted by atomic mass is 19.1. The van der Waals surface area contributed by atoms with Crippen molar-refractivity contribution >= 4 is 11.5 Å². The molecule has 21 heavy (non-hydrogen) atoms. The maximum atomic E-state index is 13.2. The van der Waals surface area contributed by atoms with Gasteiger partial charge in [0.05, 0.1) is 0 Å². The fraction of sp³-hybridized carbons (Fsp3) is 0.267. The van der Waals surface area contributed by atoms with Crippen molar-refractivity contribution in [3.8, 4) is 6.07 Å². The zero-order chi connectivity index (χ0) is 14.7. The van der Waals surface area contributed by atoms with E-state index >= 15 is 0 Å². The van der Waals surface area contributed by atoms with Crippen molar-refractivity contribution in [1.82, 2.24) is 9.97 Å². The van der Waals surface area contributed by atoms with Crippen LogP contribution in [0.5, 0.6) is 0 Å². The van der Waals surface area contributed by atoms with Crippen LogP contribution in [0.25, 0.3) is 0 Å². The van der Waals surface area contributed by atoms with E-state index in [1.165, 1.54) is 12.3 Å². The van der Waals surface area contributed by atoms with Crippen LogP contribution in [0.1, 0.15) is 5.69 Å². The molecule has 1 fully saturated rings. The SMILES string of the molecule is N#Cc1cccc(N2CCN(c3ccnc(F)c3)CC2)n1. The molecule has 0 amide bonds. The molecule has 2 aromatic rings. The third-order valence-corrected chi connectivity index (χ3v) is 3.53. The molecule has 0 spiro atoms. The maximum absolute atomic E-state index is 13.2. The van der Waals surface area contributed by atoms with E-state index in [4.69, 9.17) is 5.26 Å². The average Bonchev–Trinajstić information content (AvgIpc) is 2.55. The van der Waals surface area contributed by atoms with Gasteiger partial charge < -0.3 is 9.80 Å². The van der Waals surface area contributed by atoms with Gasteiger partial charge in [0, 0.05) is 44.1 Å². The topological polar surface area (TPSA) is 56.1 Å². The molecule has 0 unspecified atom stereocenters. The predicted octanol–water partition coefficient (Wildman–Crippen LogP) is 1.81. The number of nitriles is 1. The Labute approximate surface area is 122 Å². The summed E-state index contributed by atoms with van der Waals surface area (Å²) < 4.78 is 13.2. The first kappa shape index (κ1) is 13.3. The lowest BCUT2D eigenvalue weighted by atomic mass is 10.2. The van der Waals surface area contributed by atoms with Gasteiger partial charge in [0.2, 0.25) is 5.95 Å². The van der Waals surface area contributed by atoms with E-state index in [1.807, 2.05) is 18.2 Å². The second-order valence-electron chi connectivity index (χ2n) is 4.80. The van der Waals surface area contributed by atoms with Gasteiger partial charge in [-0.3, -0.25) is 0 Å². The van der Waals surface area contributed by atoms with Crippen LogP contribution in [0.15, 0.2) is 36.5 Å². The van der Waals surface area contributed by atoms with E-state index in [9.17, 15) is 4.39 Å². The third-order valence-electron chi connectivity index (χ3n) is 3.53. The minimum atomic E-state index is -0.460. The Kier molecular flexibility index (Phi) is 3.65. The van der Waals surface area contributed by atoms with Crippen molar-refractivity contribution in [1.29, 1.82) is 5.26 Å². The molecule has 0 aliphatic carbocycles. The van der Waals surface area contributed by atoms with E-state index < -0.39 is 5.95 Å². The Morgan fingerprint density at radius 1 is 1.10 bits per heavy atom. The number of pyridine rings is 2. The Morgan fingerprint density at radius 3 is 2.57 bits per heavy atom. The lowest BCUT2D eigenvalue weighted by Crippen LogP contribution is -2.46. The molecule has 3 heterocycles. The summed E-state index contributed by atoms with van der Waals surface area (Å²) in [7, 11) is 0. The van der Waals surface area contributed by atoms with Gasteiger partial charge >= 0.3 is 0 Å². The van der Waals surface area contributed by atoms with Crippen LogP contribution in [0.4, 0.5) is 15.9 Å². The van der Waals surface area contributed by atoms with Gasteiger partial charge in [0.25, 0.3) is 0 Å². The van der Waals surface area contributed by atoms with E-state index in [1.54, 1.807) is 6.07 Å². The zero-order valence-corrected chi connectivity index (χ0v) is 11.4. The molecule has 5 nitrogen and oxygen atoms in total. The summed E-state index contributed by atoms with van der Waals surface area (Å²) >= 11 is 0. The molecular weight excluding hydrogens is 269 g/mol. The molecule has 1 saturated heterocycles. The first-order valence-electron chi connectivity index (χ1n) is 6.75. The Bertz CT molecular complexity index is 674. The third kappa shape index (κ3) is 2.92. The molecule has 0 aromatic carbocycles. The number of hydrogen-bond donors (Lipinski definition) is 0. The number of halogens is 1. The van der Waals surface area contributed by atoms with Crippen molar-refractivity contribution < 1.29 is 4.39 Å². The van der Waals surface area contributed by atoms with Gasteiger partial charge in [-0.15, -0.1) is 0 Å². The summed E-state index contributed by atoms with van der Waals surface area (Å²) in [5.74, 6) is 0.355. The largest absolute Gasteiger partial charge is 0.368 e. The smallest absolute Gasteiger partial charge is 0.214 e. The number of rotatable bonds is 2. The molecule has 1 aliphatic rings. The number of aromatic nitrogens is 2. The summed E-state index contributed by atoms with van der Waals surface area (Å²) in [6, 6.07) is 10.8. The molecule has 0 radical (unpaired) electrons. The van der Waals surface area contributed by atoms with Crippen molar-refractivity contribution in [2.24, 2.45) is 0 Å². The normalized spacial score (nSPS) is 14.9. The highest BCUT2D eigenvalue weighted by Crippen LogP contribution is 2.19. The van der Waals surface area contributed by atoms with Gasteiger partial charge in [-0.1, -0.05) is 6.07 Å². The van der Waals surface area contributed by atoms with Crippen molar-refractivity contribution in [3.05, 3.63) is 48.2 Å². The van der Waals surface area contributed by atoms with Crippen LogP contribution in [0, 0.1) is 17.3 Å². The second-order valence-corrected chi connectivity index (χ2v) is 4.80. The molecule has 106 valence electrons. The molecule has 6 heteroatoms. The first-order valence-corrected chi connectivity index (χ1v) is 6.75. The molecular formula is C15H14FN5. The van der Waals surface area contributed by atoms with Gasteiger partial charge in [-0.2, -0.15) is 9.65 Å². The van der Waals surface area contributed by atoms with Crippen LogP contribution >= 0.6 is 0 Å². The summed E-state index contributed by atoms with van der Waals surface area (Å²) in [5.41, 5.74) is 1.27. The van der Waals surface area contributed by atoms with Gasteiger partial charge in [-0.25, -0.2) is 9.97 Å². The lowest BCUT2D eigenvalue weighted by Gasteiger charge is -2.36. The van der Waals surface area contributed by atoms with Gasteiger partial charge in [-0.05, 0) is 18.2 Å². The maximum Gasteiger partial charge on any atom is 0.214 e. The number of anilines is 2. The van der Waals surface area contributed by atoms with E-state index in [2.05, 4.69) is 25.8 Å². The highest BCUT2D eigenvalue weighted by Gasteiger charge is 2.18. The lowest BCUT2D eigenvalue weighted by molar-refractivity contribution is 0.580. The van der Waals surface area contributed by atoms with Crippen LogP contribution in [-0.2, 0) is 0 Å². The second kappa shape index (κ2) is 5.75. The molecule has 0 atom stereocenters. The first-order chi connectivity index (χ1) is 10.3. The Balaban J connectivity index is 1.69. The molecule has 0 N–H and O–H groups in total. The van der Waals surface area contributed by atoms with Gasteiger partial charge in [0.1, 0.15) is 17.6 Å². The Hall–Kier alpha value is -2.68. The van der Waals surface area contributed by atoms with Gasteiger partial charge in [0.15, 0.2) is 0 Å². The van der Waals surface area contributed by atoms with Crippen LogP contribution in [-0.4, -0.2) is 36.1 Å². The summed E-state index contributed by atoms with van der Waals surface area (Å²) in [5, 5.41) is 8.90. The molecule has 2 aromatic heterocycles. The predicted molar refractivity (Wildman–Crippen MR) is 77.6 cm³/mol. The molecule has 0 saturated carbocycles. The number of hydrogen-bond acceptors (Lipinski definition) is 5. The minimum absolute atomic E-state index is 0.422. The number of nitrogens with zero attached hydrogens (tertiary/aromatic N) is 5. The van der Waals surface area contributed by atoms with E-state index in [0.29, 0.717) is 5.69 Å². The monoisotopic (exact) mass is 283 g/mol. The van der Waals surface area contributed by atoms with E-state index in [-0.39, 0.29) is 0 Å². The minimum Gasteiger partial charge on any atom is -0.368 e. The molecule has 1 aliphatic heterocycles. The zero-order valence-electron chi connectivity index (χ0n) is 11.4. The summed E-state index contributed by atoms with van der Waals surface area (Å²) in [4.78, 5) is 12.1. The number of piperazine rings is 1. The van der Waals surface area contributed by atoms with Crippen molar-refractivity contribution in [3.63, 3.8) is 0 Å². The Morgan fingerprint density at radius 2 is 1.86 bits per heavy atom. The van der Waals surface area contributed by atoms with Crippen molar-refractivity contribution in [2.45, 2.75) is 0 Å². The standard InChI is InChI=1S/C15H14FN5/c16-14-10-13(4-5-18-14)20-6-8-21(9-7-20)15-3-1-2-12(11-17)19-15/h1-5,10H,6-9H2. The quantitative estimate of drug-likeness (QED) is 0.787. The average molecular weight is 283 g/mol.